The predicted octanol–water partition coefficient (Wildman–Crippen LogP) is 1.48. The molecule has 1 amide bonds. The molecule has 1 aliphatic carbocycles. The third-order valence-corrected chi connectivity index (χ3v) is 4.97. The molecule has 1 saturated carbocycles. The zero-order valence-corrected chi connectivity index (χ0v) is 14.0. The number of nitrogens with one attached hydrogen (secondary N) is 2. The van der Waals surface area contributed by atoms with Crippen LogP contribution in [0.1, 0.15) is 40.3 Å². The van der Waals surface area contributed by atoms with Crippen molar-refractivity contribution in [3.63, 3.8) is 0 Å². The van der Waals surface area contributed by atoms with E-state index in [0.717, 1.165) is 24.8 Å². The lowest BCUT2D eigenvalue weighted by Crippen LogP contribution is -2.44. The Labute approximate surface area is 146 Å². The molecule has 0 bridgehead atoms. The second kappa shape index (κ2) is 6.80. The maximum atomic E-state index is 12.2. The summed E-state index contributed by atoms with van der Waals surface area (Å²) < 4.78 is 0. The molecule has 2 aromatic rings. The van der Waals surface area contributed by atoms with Gasteiger partial charge in [0, 0.05) is 18.5 Å². The van der Waals surface area contributed by atoms with E-state index in [1.165, 1.54) is 5.56 Å². The second-order valence-corrected chi connectivity index (χ2v) is 6.70. The monoisotopic (exact) mass is 338 g/mol. The molecule has 0 unspecified atom stereocenters. The van der Waals surface area contributed by atoms with Gasteiger partial charge in [-0.1, -0.05) is 30.3 Å². The van der Waals surface area contributed by atoms with Crippen LogP contribution in [0.5, 0.6) is 0 Å². The van der Waals surface area contributed by atoms with Gasteiger partial charge in [0.05, 0.1) is 12.1 Å². The van der Waals surface area contributed by atoms with Crippen LogP contribution in [0.3, 0.4) is 0 Å². The van der Waals surface area contributed by atoms with Crippen LogP contribution in [-0.4, -0.2) is 39.7 Å². The Morgan fingerprint density at radius 1 is 1.16 bits per heavy atom. The van der Waals surface area contributed by atoms with E-state index >= 15 is 0 Å². The van der Waals surface area contributed by atoms with E-state index in [-0.39, 0.29) is 18.1 Å². The minimum Gasteiger partial charge on any atom is -0.391 e. The molecule has 3 N–H and O–H groups in total. The lowest BCUT2D eigenvalue weighted by molar-refractivity contribution is 0.0783. The van der Waals surface area contributed by atoms with Gasteiger partial charge in [0.15, 0.2) is 0 Å². The smallest absolute Gasteiger partial charge is 0.270 e. The number of aryl methyl sites for hydroxylation is 2. The van der Waals surface area contributed by atoms with Gasteiger partial charge in [0.1, 0.15) is 17.3 Å². The van der Waals surface area contributed by atoms with Crippen LogP contribution in [0, 0.1) is 0 Å². The minimum atomic E-state index is -0.337. The Morgan fingerprint density at radius 3 is 2.72 bits per heavy atom. The zero-order chi connectivity index (χ0) is 17.2. The lowest BCUT2D eigenvalue weighted by atomic mass is 9.89. The number of amides is 1. The Balaban J connectivity index is 1.60. The summed E-state index contributed by atoms with van der Waals surface area (Å²) in [5, 5.41) is 16.0. The summed E-state index contributed by atoms with van der Waals surface area (Å²) >= 11 is 0. The average molecular weight is 338 g/mol. The van der Waals surface area contributed by atoms with Crippen LogP contribution < -0.4 is 10.6 Å². The van der Waals surface area contributed by atoms with Crippen molar-refractivity contribution in [2.75, 3.05) is 11.9 Å². The molecule has 0 radical (unpaired) electrons. The quantitative estimate of drug-likeness (QED) is 0.769. The van der Waals surface area contributed by atoms with Crippen molar-refractivity contribution in [1.82, 2.24) is 15.3 Å². The third-order valence-electron chi connectivity index (χ3n) is 4.97. The van der Waals surface area contributed by atoms with Gasteiger partial charge in [0.25, 0.3) is 5.91 Å². The standard InChI is InChI=1S/C19H22N4O2/c24-15-8-7-14(15)21-18-13-10-11-20-19(25)17(13)22-16(23-18)9-6-12-4-2-1-3-5-12/h1-5,14-15,24H,6-11H2,(H,20,25)(H,21,22,23)/t14-,15+/m0/s1. The van der Waals surface area contributed by atoms with E-state index in [2.05, 4.69) is 32.7 Å². The molecule has 6 nitrogen and oxygen atoms in total. The molecule has 2 aliphatic rings. The second-order valence-electron chi connectivity index (χ2n) is 6.70. The van der Waals surface area contributed by atoms with Gasteiger partial charge in [-0.05, 0) is 31.2 Å². The molecule has 25 heavy (non-hydrogen) atoms. The van der Waals surface area contributed by atoms with Gasteiger partial charge >= 0.3 is 0 Å². The number of hydrogen-bond donors (Lipinski definition) is 3. The molecule has 0 saturated heterocycles. The van der Waals surface area contributed by atoms with Gasteiger partial charge < -0.3 is 15.7 Å². The Kier molecular flexibility index (Phi) is 4.36. The van der Waals surface area contributed by atoms with E-state index in [0.29, 0.717) is 36.7 Å². The fourth-order valence-corrected chi connectivity index (χ4v) is 3.30. The summed E-state index contributed by atoms with van der Waals surface area (Å²) in [5.74, 6) is 1.24. The van der Waals surface area contributed by atoms with E-state index in [1.807, 2.05) is 18.2 Å². The van der Waals surface area contributed by atoms with E-state index in [9.17, 15) is 9.90 Å². The SMILES string of the molecule is O=C1NCCc2c(N[C@H]3CC[C@H]3O)nc(CCc3ccccc3)nc21. The first-order valence-electron chi connectivity index (χ1n) is 8.87. The number of carbonyl (C=O) groups excluding carboxylic acids is 1. The number of aliphatic hydroxyl groups is 1. The molecular formula is C19H22N4O2. The molecular weight excluding hydrogens is 316 g/mol. The molecule has 2 heterocycles. The highest BCUT2D eigenvalue weighted by atomic mass is 16.3. The van der Waals surface area contributed by atoms with E-state index in [4.69, 9.17) is 0 Å². The normalized spacial score (nSPS) is 21.9. The number of benzene rings is 1. The van der Waals surface area contributed by atoms with Crippen molar-refractivity contribution >= 4 is 11.7 Å². The summed E-state index contributed by atoms with van der Waals surface area (Å²) in [6, 6.07) is 10.2. The van der Waals surface area contributed by atoms with Crippen molar-refractivity contribution in [2.24, 2.45) is 0 Å². The highest BCUT2D eigenvalue weighted by Gasteiger charge is 2.31. The summed E-state index contributed by atoms with van der Waals surface area (Å²) in [7, 11) is 0. The number of fused-ring (bicyclic) bond motifs is 1. The largest absolute Gasteiger partial charge is 0.391 e. The molecule has 1 fully saturated rings. The summed E-state index contributed by atoms with van der Waals surface area (Å²) in [6.07, 6.45) is 3.61. The van der Waals surface area contributed by atoms with Crippen molar-refractivity contribution in [2.45, 2.75) is 44.2 Å². The summed E-state index contributed by atoms with van der Waals surface area (Å²) in [4.78, 5) is 21.4. The molecule has 1 aromatic heterocycles. The van der Waals surface area contributed by atoms with Gasteiger partial charge in [-0.3, -0.25) is 4.79 Å². The summed E-state index contributed by atoms with van der Waals surface area (Å²) in [6.45, 7) is 0.598. The first kappa shape index (κ1) is 16.0. The third kappa shape index (κ3) is 3.35. The Morgan fingerprint density at radius 2 is 2.00 bits per heavy atom. The highest BCUT2D eigenvalue weighted by molar-refractivity contribution is 5.96. The fourth-order valence-electron chi connectivity index (χ4n) is 3.30. The number of rotatable bonds is 5. The van der Waals surface area contributed by atoms with E-state index in [1.54, 1.807) is 0 Å². The average Bonchev–Trinajstić information content (AvgIpc) is 2.64. The van der Waals surface area contributed by atoms with Gasteiger partial charge in [-0.2, -0.15) is 0 Å². The van der Waals surface area contributed by atoms with Crippen LogP contribution in [0.15, 0.2) is 30.3 Å². The number of hydrogen-bond acceptors (Lipinski definition) is 5. The van der Waals surface area contributed by atoms with Gasteiger partial charge in [0.2, 0.25) is 0 Å². The number of anilines is 1. The predicted molar refractivity (Wildman–Crippen MR) is 94.6 cm³/mol. The molecule has 1 aromatic carbocycles. The van der Waals surface area contributed by atoms with E-state index < -0.39 is 0 Å². The Bertz CT molecular complexity index is 778. The molecule has 130 valence electrons. The first-order chi connectivity index (χ1) is 12.2. The van der Waals surface area contributed by atoms with Crippen LogP contribution in [0.4, 0.5) is 5.82 Å². The Hall–Kier alpha value is -2.47. The van der Waals surface area contributed by atoms with Crippen LogP contribution >= 0.6 is 0 Å². The number of carbonyl (C=O) groups is 1. The van der Waals surface area contributed by atoms with Gasteiger partial charge in [-0.15, -0.1) is 0 Å². The number of aliphatic hydroxyl groups excluding tert-OH is 1. The summed E-state index contributed by atoms with van der Waals surface area (Å²) in [5.41, 5.74) is 2.56. The minimum absolute atomic E-state index is 0.0194. The van der Waals surface area contributed by atoms with Crippen molar-refractivity contribution in [3.8, 4) is 0 Å². The van der Waals surface area contributed by atoms with Gasteiger partial charge in [-0.25, -0.2) is 9.97 Å². The maximum absolute atomic E-state index is 12.2. The topological polar surface area (TPSA) is 87.1 Å². The number of aromatic nitrogens is 2. The highest BCUT2D eigenvalue weighted by Crippen LogP contribution is 2.27. The molecule has 6 heteroatoms. The van der Waals surface area contributed by atoms with Crippen molar-refractivity contribution in [1.29, 1.82) is 0 Å². The molecule has 1 aliphatic heterocycles. The zero-order valence-electron chi connectivity index (χ0n) is 14.0. The lowest BCUT2D eigenvalue weighted by Gasteiger charge is -2.34. The molecule has 2 atom stereocenters. The number of nitrogens with zero attached hydrogens (tertiary/aromatic N) is 2. The van der Waals surface area contributed by atoms with Crippen LogP contribution in [-0.2, 0) is 19.3 Å². The van der Waals surface area contributed by atoms with Crippen molar-refractivity contribution < 1.29 is 9.90 Å². The van der Waals surface area contributed by atoms with Crippen LogP contribution in [0.25, 0.3) is 0 Å². The molecule has 0 spiro atoms. The first-order valence-corrected chi connectivity index (χ1v) is 8.87. The van der Waals surface area contributed by atoms with Crippen LogP contribution in [0.2, 0.25) is 0 Å². The fraction of sp³-hybridized carbons (Fsp3) is 0.421. The maximum Gasteiger partial charge on any atom is 0.270 e. The molecule has 4 rings (SSSR count). The van der Waals surface area contributed by atoms with Crippen molar-refractivity contribution in [3.05, 3.63) is 53.0 Å².